The Kier molecular flexibility index (Phi) is 4.13. The molecule has 19 heavy (non-hydrogen) atoms. The van der Waals surface area contributed by atoms with E-state index in [1.165, 1.54) is 6.42 Å². The molecule has 0 aromatic rings. The van der Waals surface area contributed by atoms with Gasteiger partial charge in [0.1, 0.15) is 0 Å². The lowest BCUT2D eigenvalue weighted by atomic mass is 9.80. The van der Waals surface area contributed by atoms with Crippen LogP contribution in [-0.4, -0.2) is 40.5 Å². The molecule has 2 rings (SSSR count). The van der Waals surface area contributed by atoms with Gasteiger partial charge in [-0.25, -0.2) is 0 Å². The van der Waals surface area contributed by atoms with Crippen molar-refractivity contribution in [3.8, 4) is 0 Å². The first kappa shape index (κ1) is 14.3. The molecule has 1 aliphatic heterocycles. The number of hydrogen-bond acceptors (Lipinski definition) is 3. The van der Waals surface area contributed by atoms with Crippen LogP contribution in [0.2, 0.25) is 0 Å². The minimum Gasteiger partial charge on any atom is -0.481 e. The number of hydrogen-bond donors (Lipinski definition) is 2. The summed E-state index contributed by atoms with van der Waals surface area (Å²) < 4.78 is 0. The summed E-state index contributed by atoms with van der Waals surface area (Å²) in [6, 6.07) is 0. The van der Waals surface area contributed by atoms with E-state index in [4.69, 9.17) is 10.8 Å². The van der Waals surface area contributed by atoms with Crippen LogP contribution in [0.1, 0.15) is 45.4 Å². The smallest absolute Gasteiger partial charge is 0.308 e. The maximum atomic E-state index is 12.3. The number of nitrogens with zero attached hydrogens (tertiary/aromatic N) is 1. The number of rotatable bonds is 3. The van der Waals surface area contributed by atoms with E-state index in [0.717, 1.165) is 25.7 Å². The molecule has 2 atom stereocenters. The van der Waals surface area contributed by atoms with Crippen molar-refractivity contribution in [3.63, 3.8) is 0 Å². The van der Waals surface area contributed by atoms with Crippen molar-refractivity contribution in [2.75, 3.05) is 13.1 Å². The number of carbonyl (C=O) groups is 2. The first-order valence-corrected chi connectivity index (χ1v) is 7.21. The third kappa shape index (κ3) is 3.26. The number of carboxylic acid groups (broad SMARTS) is 1. The lowest BCUT2D eigenvalue weighted by molar-refractivity contribution is -0.142. The van der Waals surface area contributed by atoms with E-state index in [1.54, 1.807) is 4.90 Å². The third-order valence-corrected chi connectivity index (χ3v) is 4.63. The fraction of sp³-hybridized carbons (Fsp3) is 0.857. The maximum absolute atomic E-state index is 12.3. The molecule has 5 heteroatoms. The molecule has 0 radical (unpaired) electrons. The predicted octanol–water partition coefficient (Wildman–Crippen LogP) is 1.22. The standard InChI is InChI=1S/C14H24N2O3/c1-10-8-16(9-11(10)13(18)19)12(17)7-14(15)5-3-2-4-6-14/h10-11H,2-9,15H2,1H3,(H,18,19). The van der Waals surface area contributed by atoms with Gasteiger partial charge in [-0.3, -0.25) is 9.59 Å². The summed E-state index contributed by atoms with van der Waals surface area (Å²) in [4.78, 5) is 25.0. The van der Waals surface area contributed by atoms with Crippen molar-refractivity contribution in [1.82, 2.24) is 4.90 Å². The predicted molar refractivity (Wildman–Crippen MR) is 71.5 cm³/mol. The van der Waals surface area contributed by atoms with Crippen LogP contribution < -0.4 is 5.73 Å². The molecular formula is C14H24N2O3. The van der Waals surface area contributed by atoms with Crippen LogP contribution in [0.15, 0.2) is 0 Å². The molecule has 1 aliphatic carbocycles. The maximum Gasteiger partial charge on any atom is 0.308 e. The van der Waals surface area contributed by atoms with Gasteiger partial charge in [-0.1, -0.05) is 26.2 Å². The van der Waals surface area contributed by atoms with Crippen molar-refractivity contribution in [3.05, 3.63) is 0 Å². The topological polar surface area (TPSA) is 83.6 Å². The van der Waals surface area contributed by atoms with Gasteiger partial charge in [-0.05, 0) is 18.8 Å². The van der Waals surface area contributed by atoms with Crippen LogP contribution in [0.25, 0.3) is 0 Å². The van der Waals surface area contributed by atoms with Crippen LogP contribution in [-0.2, 0) is 9.59 Å². The van der Waals surface area contributed by atoms with Crippen LogP contribution in [0.5, 0.6) is 0 Å². The molecule has 2 fully saturated rings. The van der Waals surface area contributed by atoms with E-state index in [9.17, 15) is 9.59 Å². The molecule has 5 nitrogen and oxygen atoms in total. The summed E-state index contributed by atoms with van der Waals surface area (Å²) in [5.41, 5.74) is 5.93. The zero-order chi connectivity index (χ0) is 14.0. The third-order valence-electron chi connectivity index (χ3n) is 4.63. The van der Waals surface area contributed by atoms with Crippen LogP contribution in [0, 0.1) is 11.8 Å². The summed E-state index contributed by atoms with van der Waals surface area (Å²) in [6.45, 7) is 2.78. The molecule has 1 amide bonds. The van der Waals surface area contributed by atoms with Gasteiger partial charge in [0.2, 0.25) is 5.91 Å². The Morgan fingerprint density at radius 3 is 2.42 bits per heavy atom. The first-order valence-electron chi connectivity index (χ1n) is 7.21. The molecule has 2 unspecified atom stereocenters. The molecule has 1 heterocycles. The fourth-order valence-corrected chi connectivity index (χ4v) is 3.34. The van der Waals surface area contributed by atoms with Gasteiger partial charge < -0.3 is 15.7 Å². The van der Waals surface area contributed by atoms with Gasteiger partial charge in [0, 0.05) is 25.0 Å². The Labute approximate surface area is 114 Å². The number of carboxylic acids is 1. The van der Waals surface area contributed by atoms with Crippen molar-refractivity contribution < 1.29 is 14.7 Å². The van der Waals surface area contributed by atoms with Crippen LogP contribution in [0.4, 0.5) is 0 Å². The summed E-state index contributed by atoms with van der Waals surface area (Å²) >= 11 is 0. The van der Waals surface area contributed by atoms with Gasteiger partial charge in [0.15, 0.2) is 0 Å². The lowest BCUT2D eigenvalue weighted by Gasteiger charge is -2.34. The monoisotopic (exact) mass is 268 g/mol. The Balaban J connectivity index is 1.92. The van der Waals surface area contributed by atoms with Crippen molar-refractivity contribution in [1.29, 1.82) is 0 Å². The largest absolute Gasteiger partial charge is 0.481 e. The molecule has 1 saturated carbocycles. The second-order valence-corrected chi connectivity index (χ2v) is 6.32. The molecule has 0 aromatic carbocycles. The van der Waals surface area contributed by atoms with Gasteiger partial charge in [-0.15, -0.1) is 0 Å². The number of likely N-dealkylation sites (tertiary alicyclic amines) is 1. The molecule has 1 saturated heterocycles. The zero-order valence-electron chi connectivity index (χ0n) is 11.6. The fourth-order valence-electron chi connectivity index (χ4n) is 3.34. The normalized spacial score (nSPS) is 30.3. The van der Waals surface area contributed by atoms with E-state index in [2.05, 4.69) is 0 Å². The molecule has 3 N–H and O–H groups in total. The van der Waals surface area contributed by atoms with Gasteiger partial charge >= 0.3 is 5.97 Å². The van der Waals surface area contributed by atoms with Crippen molar-refractivity contribution in [2.45, 2.75) is 51.0 Å². The highest BCUT2D eigenvalue weighted by atomic mass is 16.4. The van der Waals surface area contributed by atoms with Gasteiger partial charge in [0.25, 0.3) is 0 Å². The Morgan fingerprint density at radius 2 is 1.89 bits per heavy atom. The summed E-state index contributed by atoms with van der Waals surface area (Å²) in [5, 5.41) is 9.09. The number of nitrogens with two attached hydrogens (primary N) is 1. The summed E-state index contributed by atoms with van der Waals surface area (Å²) in [5.74, 6) is -1.17. The Bertz CT molecular complexity index is 364. The molecule has 108 valence electrons. The van der Waals surface area contributed by atoms with Crippen molar-refractivity contribution >= 4 is 11.9 Å². The van der Waals surface area contributed by atoms with Crippen LogP contribution >= 0.6 is 0 Å². The zero-order valence-corrected chi connectivity index (χ0v) is 11.6. The molecule has 0 bridgehead atoms. The molecule has 0 spiro atoms. The summed E-state index contributed by atoms with van der Waals surface area (Å²) in [6.07, 6.45) is 5.58. The highest BCUT2D eigenvalue weighted by Crippen LogP contribution is 2.31. The number of carbonyl (C=O) groups excluding carboxylic acids is 1. The number of aliphatic carboxylic acids is 1. The van der Waals surface area contributed by atoms with Gasteiger partial charge in [-0.2, -0.15) is 0 Å². The van der Waals surface area contributed by atoms with Gasteiger partial charge in [0.05, 0.1) is 5.92 Å². The second-order valence-electron chi connectivity index (χ2n) is 6.32. The van der Waals surface area contributed by atoms with E-state index in [1.807, 2.05) is 6.92 Å². The first-order chi connectivity index (χ1) is 8.91. The number of amides is 1. The Morgan fingerprint density at radius 1 is 1.26 bits per heavy atom. The quantitative estimate of drug-likeness (QED) is 0.806. The van der Waals surface area contributed by atoms with E-state index >= 15 is 0 Å². The van der Waals surface area contributed by atoms with E-state index in [0.29, 0.717) is 19.5 Å². The summed E-state index contributed by atoms with van der Waals surface area (Å²) in [7, 11) is 0. The molecule has 2 aliphatic rings. The van der Waals surface area contributed by atoms with Crippen LogP contribution in [0.3, 0.4) is 0 Å². The van der Waals surface area contributed by atoms with E-state index in [-0.39, 0.29) is 17.4 Å². The minimum absolute atomic E-state index is 0.0278. The average Bonchev–Trinajstić information content (AvgIpc) is 2.72. The second kappa shape index (κ2) is 5.49. The SMILES string of the molecule is CC1CN(C(=O)CC2(N)CCCCC2)CC1C(=O)O. The molecule has 0 aromatic heterocycles. The molecular weight excluding hydrogens is 244 g/mol. The average molecular weight is 268 g/mol. The lowest BCUT2D eigenvalue weighted by Crippen LogP contribution is -2.46. The van der Waals surface area contributed by atoms with Crippen molar-refractivity contribution in [2.24, 2.45) is 17.6 Å². The minimum atomic E-state index is -0.803. The Hall–Kier alpha value is -1.10. The highest BCUT2D eigenvalue weighted by Gasteiger charge is 2.39. The van der Waals surface area contributed by atoms with E-state index < -0.39 is 11.9 Å². The highest BCUT2D eigenvalue weighted by molar-refractivity contribution is 5.80.